The molecular weight excluding hydrogens is 270 g/mol. The molecule has 1 aliphatic rings. The van der Waals surface area contributed by atoms with Crippen LogP contribution in [0.15, 0.2) is 0 Å². The van der Waals surface area contributed by atoms with E-state index in [9.17, 15) is 9.59 Å². The van der Waals surface area contributed by atoms with E-state index in [4.69, 9.17) is 5.11 Å². The number of carbonyl (C=O) groups is 2. The predicted octanol–water partition coefficient (Wildman–Crippen LogP) is 1.52. The first-order valence-electron chi connectivity index (χ1n) is 7.75. The monoisotopic (exact) mass is 299 g/mol. The molecule has 1 aliphatic heterocycles. The maximum atomic E-state index is 11.7. The number of likely N-dealkylation sites (tertiary alicyclic amines) is 1. The summed E-state index contributed by atoms with van der Waals surface area (Å²) in [7, 11) is 2.12. The summed E-state index contributed by atoms with van der Waals surface area (Å²) in [5.74, 6) is -1.14. The summed E-state index contributed by atoms with van der Waals surface area (Å²) >= 11 is 0. The van der Waals surface area contributed by atoms with Crippen LogP contribution in [0, 0.1) is 11.3 Å². The molecule has 0 aromatic carbocycles. The highest BCUT2D eigenvalue weighted by atomic mass is 16.4. The van der Waals surface area contributed by atoms with Gasteiger partial charge in [-0.15, -0.1) is 0 Å². The van der Waals surface area contributed by atoms with Gasteiger partial charge in [0, 0.05) is 13.1 Å². The van der Waals surface area contributed by atoms with E-state index >= 15 is 0 Å². The van der Waals surface area contributed by atoms with Crippen LogP contribution in [0.2, 0.25) is 0 Å². The van der Waals surface area contributed by atoms with Crippen molar-refractivity contribution < 1.29 is 14.7 Å². The van der Waals surface area contributed by atoms with Crippen LogP contribution in [0.5, 0.6) is 0 Å². The molecular formula is C15H29N3O3. The summed E-state index contributed by atoms with van der Waals surface area (Å²) < 4.78 is 0. The first-order chi connectivity index (χ1) is 9.82. The smallest absolute Gasteiger partial charge is 0.314 e. The van der Waals surface area contributed by atoms with Gasteiger partial charge in [0.15, 0.2) is 0 Å². The molecule has 1 saturated heterocycles. The van der Waals surface area contributed by atoms with Crippen molar-refractivity contribution in [3.05, 3.63) is 0 Å². The highest BCUT2D eigenvalue weighted by Crippen LogP contribution is 2.29. The molecule has 0 spiro atoms. The Morgan fingerprint density at radius 3 is 2.48 bits per heavy atom. The molecule has 0 bridgehead atoms. The largest absolute Gasteiger partial charge is 0.481 e. The first kappa shape index (κ1) is 17.8. The highest BCUT2D eigenvalue weighted by molar-refractivity contribution is 5.73. The van der Waals surface area contributed by atoms with Gasteiger partial charge in [0.05, 0.1) is 5.92 Å². The Balaban J connectivity index is 2.12. The molecule has 0 aromatic rings. The Kier molecular flexibility index (Phi) is 6.95. The molecule has 0 aliphatic carbocycles. The minimum Gasteiger partial charge on any atom is -0.481 e. The van der Waals surface area contributed by atoms with E-state index in [1.165, 1.54) is 0 Å². The molecule has 21 heavy (non-hydrogen) atoms. The van der Waals surface area contributed by atoms with E-state index in [1.807, 2.05) is 0 Å². The zero-order valence-electron chi connectivity index (χ0n) is 13.4. The first-order valence-corrected chi connectivity index (χ1v) is 7.75. The number of aliphatic carboxylic acids is 1. The Hall–Kier alpha value is -1.30. The normalized spacial score (nSPS) is 19.8. The SMILES string of the molecule is CC(CCCNC(=O)NCC1(C)CCN(C)CC1)C(=O)O. The van der Waals surface area contributed by atoms with Gasteiger partial charge >= 0.3 is 12.0 Å². The molecule has 0 aromatic heterocycles. The number of amides is 2. The Bertz CT molecular complexity index is 352. The lowest BCUT2D eigenvalue weighted by molar-refractivity contribution is -0.141. The third-order valence-electron chi connectivity index (χ3n) is 4.39. The molecule has 1 unspecified atom stereocenters. The quantitative estimate of drug-likeness (QED) is 0.623. The maximum Gasteiger partial charge on any atom is 0.314 e. The van der Waals surface area contributed by atoms with Crippen LogP contribution in [0.1, 0.15) is 39.5 Å². The number of carboxylic acid groups (broad SMARTS) is 1. The van der Waals surface area contributed by atoms with E-state index in [1.54, 1.807) is 6.92 Å². The topological polar surface area (TPSA) is 81.7 Å². The lowest BCUT2D eigenvalue weighted by atomic mass is 9.80. The molecule has 1 rings (SSSR count). The average Bonchev–Trinajstić information content (AvgIpc) is 2.44. The van der Waals surface area contributed by atoms with Crippen LogP contribution >= 0.6 is 0 Å². The van der Waals surface area contributed by atoms with Gasteiger partial charge in [-0.05, 0) is 51.2 Å². The van der Waals surface area contributed by atoms with Crippen LogP contribution in [0.4, 0.5) is 4.79 Å². The van der Waals surface area contributed by atoms with E-state index in [2.05, 4.69) is 29.5 Å². The fourth-order valence-corrected chi connectivity index (χ4v) is 2.42. The standard InChI is InChI=1S/C15H29N3O3/c1-12(13(19)20)5-4-8-16-14(21)17-11-15(2)6-9-18(3)10-7-15/h12H,4-11H2,1-3H3,(H,19,20)(H2,16,17,21). The highest BCUT2D eigenvalue weighted by Gasteiger charge is 2.29. The lowest BCUT2D eigenvalue weighted by Crippen LogP contribution is -2.46. The van der Waals surface area contributed by atoms with Crippen molar-refractivity contribution >= 4 is 12.0 Å². The zero-order valence-corrected chi connectivity index (χ0v) is 13.4. The summed E-state index contributed by atoms with van der Waals surface area (Å²) in [6, 6.07) is -0.155. The summed E-state index contributed by atoms with van der Waals surface area (Å²) in [6.45, 7) is 7.26. The van der Waals surface area contributed by atoms with Crippen molar-refractivity contribution in [2.45, 2.75) is 39.5 Å². The maximum absolute atomic E-state index is 11.7. The predicted molar refractivity (Wildman–Crippen MR) is 82.3 cm³/mol. The van der Waals surface area contributed by atoms with Gasteiger partial charge in [0.25, 0.3) is 0 Å². The van der Waals surface area contributed by atoms with E-state index in [0.717, 1.165) is 25.9 Å². The molecule has 1 heterocycles. The molecule has 6 heteroatoms. The van der Waals surface area contributed by atoms with Crippen LogP contribution < -0.4 is 10.6 Å². The molecule has 1 fully saturated rings. The van der Waals surface area contributed by atoms with Crippen LogP contribution in [0.25, 0.3) is 0 Å². The number of hydrogen-bond acceptors (Lipinski definition) is 3. The lowest BCUT2D eigenvalue weighted by Gasteiger charge is -2.37. The minimum absolute atomic E-state index is 0.155. The van der Waals surface area contributed by atoms with Crippen molar-refractivity contribution in [2.24, 2.45) is 11.3 Å². The van der Waals surface area contributed by atoms with E-state index in [0.29, 0.717) is 25.9 Å². The molecule has 6 nitrogen and oxygen atoms in total. The Morgan fingerprint density at radius 1 is 1.29 bits per heavy atom. The van der Waals surface area contributed by atoms with Gasteiger partial charge in [-0.25, -0.2) is 4.79 Å². The summed E-state index contributed by atoms with van der Waals surface area (Å²) in [4.78, 5) is 24.7. The van der Waals surface area contributed by atoms with Crippen molar-refractivity contribution in [2.75, 3.05) is 33.2 Å². The van der Waals surface area contributed by atoms with E-state index in [-0.39, 0.29) is 17.4 Å². The molecule has 122 valence electrons. The van der Waals surface area contributed by atoms with Crippen molar-refractivity contribution in [3.63, 3.8) is 0 Å². The fourth-order valence-electron chi connectivity index (χ4n) is 2.42. The average molecular weight is 299 g/mol. The molecule has 1 atom stereocenters. The number of hydrogen-bond donors (Lipinski definition) is 3. The van der Waals surface area contributed by atoms with Crippen LogP contribution in [-0.2, 0) is 4.79 Å². The number of rotatable bonds is 7. The molecule has 0 radical (unpaired) electrons. The number of urea groups is 1. The Morgan fingerprint density at radius 2 is 1.90 bits per heavy atom. The van der Waals surface area contributed by atoms with Crippen molar-refractivity contribution in [1.82, 2.24) is 15.5 Å². The number of nitrogens with one attached hydrogen (secondary N) is 2. The summed E-state index contributed by atoms with van der Waals surface area (Å²) in [5, 5.41) is 14.5. The zero-order chi connectivity index (χ0) is 15.9. The number of nitrogens with zero attached hydrogens (tertiary/aromatic N) is 1. The van der Waals surface area contributed by atoms with Crippen LogP contribution in [-0.4, -0.2) is 55.2 Å². The van der Waals surface area contributed by atoms with Crippen LogP contribution in [0.3, 0.4) is 0 Å². The van der Waals surface area contributed by atoms with Gasteiger partial charge in [-0.2, -0.15) is 0 Å². The molecule has 0 saturated carbocycles. The number of carbonyl (C=O) groups excluding carboxylic acids is 1. The minimum atomic E-state index is -0.783. The third-order valence-corrected chi connectivity index (χ3v) is 4.39. The van der Waals surface area contributed by atoms with Gasteiger partial charge in [-0.3, -0.25) is 4.79 Å². The van der Waals surface area contributed by atoms with Crippen molar-refractivity contribution in [3.8, 4) is 0 Å². The summed E-state index contributed by atoms with van der Waals surface area (Å²) in [5.41, 5.74) is 0.182. The third kappa shape index (κ3) is 6.80. The fraction of sp³-hybridized carbons (Fsp3) is 0.867. The number of piperidine rings is 1. The van der Waals surface area contributed by atoms with Gasteiger partial charge in [-0.1, -0.05) is 13.8 Å². The second-order valence-electron chi connectivity index (χ2n) is 6.60. The molecule has 2 amide bonds. The second kappa shape index (κ2) is 8.22. The van der Waals surface area contributed by atoms with Gasteiger partial charge in [0.2, 0.25) is 0 Å². The van der Waals surface area contributed by atoms with E-state index < -0.39 is 5.97 Å². The summed E-state index contributed by atoms with van der Waals surface area (Å²) in [6.07, 6.45) is 3.46. The van der Waals surface area contributed by atoms with Gasteiger partial charge in [0.1, 0.15) is 0 Å². The second-order valence-corrected chi connectivity index (χ2v) is 6.60. The van der Waals surface area contributed by atoms with Crippen molar-refractivity contribution in [1.29, 1.82) is 0 Å². The number of carboxylic acids is 1. The van der Waals surface area contributed by atoms with Gasteiger partial charge < -0.3 is 20.6 Å². The molecule has 3 N–H and O–H groups in total. The Labute approximate surface area is 127 Å².